The van der Waals surface area contributed by atoms with Crippen LogP contribution < -0.4 is 18.9 Å². The molecular weight excluding hydrogens is 816 g/mol. The van der Waals surface area contributed by atoms with Crippen molar-refractivity contribution in [2.75, 3.05) is 28.4 Å². The zero-order chi connectivity index (χ0) is 42.9. The lowest BCUT2D eigenvalue weighted by molar-refractivity contribution is 0.355. The highest BCUT2D eigenvalue weighted by Gasteiger charge is 2.53. The highest BCUT2D eigenvalue weighted by Crippen LogP contribution is 2.63. The van der Waals surface area contributed by atoms with Crippen molar-refractivity contribution in [2.24, 2.45) is 15.4 Å². The SMILES string of the molecule is CCC1=C2C=C3CC3(C1)Cc1ccc(CC)c(c1)C1(N=C(c3ccc(OC)c(OC)c3)C(c3ccccc3Cl)=N1)n1c2nc(-c2ccc(OC)c(OC)c2)c1-c1ccccc1Cl. The van der Waals surface area contributed by atoms with Gasteiger partial charge in [0.05, 0.1) is 56.3 Å². The van der Waals surface area contributed by atoms with E-state index in [0.29, 0.717) is 50.2 Å². The number of fused-ring (bicyclic) bond motifs is 1. The van der Waals surface area contributed by atoms with Crippen LogP contribution in [0.25, 0.3) is 28.1 Å². The molecule has 0 radical (unpaired) electrons. The molecule has 3 aliphatic heterocycles. The molecule has 2 unspecified atom stereocenters. The summed E-state index contributed by atoms with van der Waals surface area (Å²) < 4.78 is 25.5. The van der Waals surface area contributed by atoms with Gasteiger partial charge in [0.2, 0.25) is 0 Å². The van der Waals surface area contributed by atoms with E-state index in [1.54, 1.807) is 28.4 Å². The van der Waals surface area contributed by atoms with Gasteiger partial charge in [-0.25, -0.2) is 15.0 Å². The Bertz CT molecular complexity index is 2960. The maximum absolute atomic E-state index is 7.37. The van der Waals surface area contributed by atoms with Crippen LogP contribution in [0.1, 0.15) is 66.8 Å². The summed E-state index contributed by atoms with van der Waals surface area (Å²) in [6.45, 7) is 4.44. The molecule has 0 N–H and O–H groups in total. The van der Waals surface area contributed by atoms with Crippen molar-refractivity contribution in [2.45, 2.75) is 51.7 Å². The fraction of sp³-hybridized carbons (Fsp3) is 0.250. The van der Waals surface area contributed by atoms with Crippen LogP contribution in [-0.4, -0.2) is 49.4 Å². The van der Waals surface area contributed by atoms with Gasteiger partial charge in [0.25, 0.3) is 5.79 Å². The number of aromatic nitrogens is 2. The number of halogens is 2. The van der Waals surface area contributed by atoms with Crippen LogP contribution in [0.2, 0.25) is 10.0 Å². The molecule has 10 heteroatoms. The first kappa shape index (κ1) is 40.0. The standard InChI is InChI=1S/C52H46Cl2N4O4/c1-7-31-18-17-30-23-39(31)52(56-46(33-19-21-42(59-3)44(24-33)61-5)48(57-52)36-13-9-11-15-40(36)53)58-49(37-14-10-12-16-41(37)54)47(34-20-22-43(60-4)45(25-34)62-6)55-50(58)38-26-35-29-51(35,27-30)28-32(38)8-2/h9-26H,7-8,27-29H2,1-6H3. The smallest absolute Gasteiger partial charge is 0.261 e. The molecule has 1 saturated carbocycles. The Morgan fingerprint density at radius 2 is 1.26 bits per heavy atom. The summed E-state index contributed by atoms with van der Waals surface area (Å²) in [6, 6.07) is 34.5. The van der Waals surface area contributed by atoms with Gasteiger partial charge in [-0.05, 0) is 97.8 Å². The Morgan fingerprint density at radius 1 is 0.629 bits per heavy atom. The monoisotopic (exact) mass is 860 g/mol. The van der Waals surface area contributed by atoms with Crippen molar-refractivity contribution >= 4 is 40.2 Å². The highest BCUT2D eigenvalue weighted by atomic mass is 35.5. The van der Waals surface area contributed by atoms with Gasteiger partial charge < -0.3 is 18.9 Å². The van der Waals surface area contributed by atoms with Crippen molar-refractivity contribution in [3.05, 3.63) is 164 Å². The highest BCUT2D eigenvalue weighted by molar-refractivity contribution is 6.56. The first-order valence-corrected chi connectivity index (χ1v) is 21.8. The van der Waals surface area contributed by atoms with Crippen LogP contribution in [0.15, 0.2) is 130 Å². The van der Waals surface area contributed by atoms with Gasteiger partial charge in [0, 0.05) is 43.8 Å². The van der Waals surface area contributed by atoms with E-state index in [9.17, 15) is 0 Å². The average molecular weight is 862 g/mol. The van der Waals surface area contributed by atoms with Crippen molar-refractivity contribution in [3.63, 3.8) is 0 Å². The number of allylic oxidation sites excluding steroid dienone is 4. The molecule has 8 nitrogen and oxygen atoms in total. The van der Waals surface area contributed by atoms with Crippen molar-refractivity contribution in [3.8, 4) is 45.5 Å². The van der Waals surface area contributed by atoms with E-state index >= 15 is 0 Å². The molecule has 4 bridgehead atoms. The van der Waals surface area contributed by atoms with Crippen LogP contribution in [-0.2, 0) is 18.6 Å². The first-order chi connectivity index (χ1) is 30.2. The molecule has 312 valence electrons. The van der Waals surface area contributed by atoms with Gasteiger partial charge in [-0.3, -0.25) is 4.57 Å². The van der Waals surface area contributed by atoms with Gasteiger partial charge in [-0.15, -0.1) is 0 Å². The van der Waals surface area contributed by atoms with Crippen LogP contribution in [0.5, 0.6) is 23.0 Å². The number of aryl methyl sites for hydroxylation is 1. The molecule has 1 aromatic heterocycles. The summed E-state index contributed by atoms with van der Waals surface area (Å²) in [5.74, 6) is 1.67. The van der Waals surface area contributed by atoms with E-state index in [1.165, 1.54) is 16.7 Å². The zero-order valence-corrected chi connectivity index (χ0v) is 37.1. The third-order valence-electron chi connectivity index (χ3n) is 13.0. The molecule has 0 saturated heterocycles. The second kappa shape index (κ2) is 15.4. The first-order valence-electron chi connectivity index (χ1n) is 21.0. The molecule has 2 spiro atoms. The summed E-state index contributed by atoms with van der Waals surface area (Å²) in [6.07, 6.45) is 6.93. The van der Waals surface area contributed by atoms with Gasteiger partial charge in [-0.2, -0.15) is 0 Å². The Hall–Kier alpha value is -6.09. The van der Waals surface area contributed by atoms with Gasteiger partial charge in [-0.1, -0.05) is 103 Å². The maximum atomic E-state index is 7.37. The molecule has 0 amide bonds. The molecule has 4 heterocycles. The summed E-state index contributed by atoms with van der Waals surface area (Å²) in [4.78, 5) is 17.8. The molecule has 2 atom stereocenters. The Morgan fingerprint density at radius 3 is 1.90 bits per heavy atom. The van der Waals surface area contributed by atoms with Crippen molar-refractivity contribution in [1.82, 2.24) is 9.55 Å². The number of hydrogen-bond donors (Lipinski definition) is 0. The van der Waals surface area contributed by atoms with Crippen LogP contribution in [0, 0.1) is 5.41 Å². The quantitative estimate of drug-likeness (QED) is 0.137. The minimum absolute atomic E-state index is 0.0717. The van der Waals surface area contributed by atoms with E-state index in [-0.39, 0.29) is 5.41 Å². The van der Waals surface area contributed by atoms with Crippen LogP contribution in [0.4, 0.5) is 0 Å². The Balaban J connectivity index is 1.43. The minimum atomic E-state index is -1.46. The average Bonchev–Trinajstić information content (AvgIpc) is 3.63. The molecular formula is C52H46Cl2N4O4. The molecule has 62 heavy (non-hydrogen) atoms. The second-order valence-electron chi connectivity index (χ2n) is 16.3. The molecule has 5 aromatic carbocycles. The summed E-state index contributed by atoms with van der Waals surface area (Å²) in [5.41, 5.74) is 13.2. The molecule has 2 aliphatic carbocycles. The normalized spacial score (nSPS) is 19.6. The number of methoxy groups -OCH3 is 4. The fourth-order valence-corrected chi connectivity index (χ4v) is 10.3. The van der Waals surface area contributed by atoms with Gasteiger partial charge in [0.15, 0.2) is 23.0 Å². The Labute approximate surface area is 372 Å². The summed E-state index contributed by atoms with van der Waals surface area (Å²) in [7, 11) is 6.57. The maximum Gasteiger partial charge on any atom is 0.261 e. The Kier molecular flexibility index (Phi) is 9.92. The van der Waals surface area contributed by atoms with Crippen LogP contribution >= 0.6 is 23.2 Å². The van der Waals surface area contributed by atoms with Crippen molar-refractivity contribution < 1.29 is 18.9 Å². The van der Waals surface area contributed by atoms with E-state index in [2.05, 4.69) is 48.8 Å². The number of ether oxygens (including phenoxy) is 4. The number of imidazole rings is 1. The summed E-state index contributed by atoms with van der Waals surface area (Å²) >= 11 is 14.6. The molecule has 1 fully saturated rings. The number of nitrogens with zero attached hydrogens (tertiary/aromatic N) is 4. The predicted molar refractivity (Wildman–Crippen MR) is 249 cm³/mol. The number of aliphatic imine (C=N–C) groups is 2. The predicted octanol–water partition coefficient (Wildman–Crippen LogP) is 12.2. The van der Waals surface area contributed by atoms with Gasteiger partial charge in [0.1, 0.15) is 5.82 Å². The largest absolute Gasteiger partial charge is 0.493 e. The summed E-state index contributed by atoms with van der Waals surface area (Å²) in [5, 5.41) is 1.12. The lowest BCUT2D eigenvalue weighted by Gasteiger charge is -2.32. The van der Waals surface area contributed by atoms with E-state index in [1.807, 2.05) is 78.9 Å². The molecule has 11 rings (SSSR count). The molecule has 5 aliphatic rings. The van der Waals surface area contributed by atoms with E-state index in [4.69, 9.17) is 57.1 Å². The van der Waals surface area contributed by atoms with Crippen LogP contribution in [0.3, 0.4) is 0 Å². The second-order valence-corrected chi connectivity index (χ2v) is 17.1. The third-order valence-corrected chi connectivity index (χ3v) is 13.6. The number of hydrogen-bond acceptors (Lipinski definition) is 7. The minimum Gasteiger partial charge on any atom is -0.493 e. The molecule has 6 aromatic rings. The van der Waals surface area contributed by atoms with Gasteiger partial charge >= 0.3 is 0 Å². The lowest BCUT2D eigenvalue weighted by Crippen LogP contribution is -2.33. The fourth-order valence-electron chi connectivity index (χ4n) is 9.80. The van der Waals surface area contributed by atoms with E-state index in [0.717, 1.165) is 82.6 Å². The lowest BCUT2D eigenvalue weighted by atomic mass is 9.82. The third kappa shape index (κ3) is 6.21. The van der Waals surface area contributed by atoms with Crippen molar-refractivity contribution in [1.29, 1.82) is 0 Å². The van der Waals surface area contributed by atoms with E-state index < -0.39 is 5.79 Å². The zero-order valence-electron chi connectivity index (χ0n) is 35.6. The number of benzene rings is 5. The number of rotatable bonds is 10. The topological polar surface area (TPSA) is 79.5 Å².